The lowest BCUT2D eigenvalue weighted by Crippen LogP contribution is -2.19. The smallest absolute Gasteiger partial charge is 0.141 e. The van der Waals surface area contributed by atoms with Gasteiger partial charge in [0.05, 0.1) is 12.3 Å². The molecule has 0 aliphatic carbocycles. The van der Waals surface area contributed by atoms with E-state index in [1.165, 1.54) is 0 Å². The van der Waals surface area contributed by atoms with Crippen LogP contribution in [-0.2, 0) is 11.2 Å². The van der Waals surface area contributed by atoms with E-state index in [9.17, 15) is 0 Å². The molecule has 1 atom stereocenters. The Morgan fingerprint density at radius 2 is 2.19 bits per heavy atom. The van der Waals surface area contributed by atoms with Crippen LogP contribution in [0.5, 0.6) is 5.75 Å². The van der Waals surface area contributed by atoms with E-state index in [1.807, 2.05) is 26.0 Å². The van der Waals surface area contributed by atoms with Crippen molar-refractivity contribution in [2.75, 3.05) is 20.3 Å². The van der Waals surface area contributed by atoms with E-state index in [-0.39, 0.29) is 6.10 Å². The summed E-state index contributed by atoms with van der Waals surface area (Å²) in [7, 11) is 1.66. The van der Waals surface area contributed by atoms with Crippen LogP contribution in [0.4, 0.5) is 0 Å². The molecule has 4 nitrogen and oxygen atoms in total. The Morgan fingerprint density at radius 3 is 2.81 bits per heavy atom. The van der Waals surface area contributed by atoms with Crippen molar-refractivity contribution in [2.45, 2.75) is 26.4 Å². The van der Waals surface area contributed by atoms with Gasteiger partial charge in [-0.3, -0.25) is 4.98 Å². The van der Waals surface area contributed by atoms with Gasteiger partial charge in [-0.15, -0.1) is 0 Å². The van der Waals surface area contributed by atoms with Crippen molar-refractivity contribution in [3.8, 4) is 5.75 Å². The van der Waals surface area contributed by atoms with Gasteiger partial charge in [0.1, 0.15) is 11.9 Å². The molecule has 0 saturated carbocycles. The molecule has 1 heterocycles. The fourth-order valence-corrected chi connectivity index (χ4v) is 1.51. The second-order valence-electron chi connectivity index (χ2n) is 3.82. The maximum absolute atomic E-state index is 5.75. The van der Waals surface area contributed by atoms with Crippen molar-refractivity contribution in [3.63, 3.8) is 0 Å². The molecule has 0 saturated heterocycles. The van der Waals surface area contributed by atoms with Crippen LogP contribution in [0.15, 0.2) is 12.1 Å². The normalized spacial score (nSPS) is 12.5. The highest BCUT2D eigenvalue weighted by atomic mass is 16.5. The lowest BCUT2D eigenvalue weighted by atomic mass is 10.2. The molecular weight excluding hydrogens is 204 g/mol. The van der Waals surface area contributed by atoms with E-state index in [2.05, 4.69) is 4.98 Å². The Bertz CT molecular complexity index is 329. The molecule has 0 radical (unpaired) electrons. The second kappa shape index (κ2) is 6.45. The average Bonchev–Trinajstić information content (AvgIpc) is 2.23. The minimum Gasteiger partial charge on any atom is -0.486 e. The first-order valence-corrected chi connectivity index (χ1v) is 5.49. The molecule has 90 valence electrons. The molecule has 16 heavy (non-hydrogen) atoms. The summed E-state index contributed by atoms with van der Waals surface area (Å²) >= 11 is 0. The van der Waals surface area contributed by atoms with Gasteiger partial charge in [0, 0.05) is 19.2 Å². The number of hydrogen-bond donors (Lipinski definition) is 1. The molecule has 0 aromatic carbocycles. The van der Waals surface area contributed by atoms with Crippen molar-refractivity contribution in [3.05, 3.63) is 23.5 Å². The fraction of sp³-hybridized carbons (Fsp3) is 0.583. The monoisotopic (exact) mass is 224 g/mol. The van der Waals surface area contributed by atoms with Crippen molar-refractivity contribution in [2.24, 2.45) is 5.73 Å². The molecule has 1 aromatic rings. The molecule has 1 unspecified atom stereocenters. The van der Waals surface area contributed by atoms with E-state index in [0.717, 1.165) is 23.6 Å². The Morgan fingerprint density at radius 1 is 1.44 bits per heavy atom. The van der Waals surface area contributed by atoms with E-state index in [1.54, 1.807) is 7.11 Å². The molecule has 0 aliphatic heterocycles. The van der Waals surface area contributed by atoms with Crippen LogP contribution in [0.3, 0.4) is 0 Å². The molecule has 4 heteroatoms. The third-order valence-electron chi connectivity index (χ3n) is 2.18. The van der Waals surface area contributed by atoms with Gasteiger partial charge in [0.2, 0.25) is 0 Å². The second-order valence-corrected chi connectivity index (χ2v) is 3.82. The topological polar surface area (TPSA) is 57.4 Å². The average molecular weight is 224 g/mol. The molecule has 0 spiro atoms. The maximum Gasteiger partial charge on any atom is 0.141 e. The lowest BCUT2D eigenvalue weighted by molar-refractivity contribution is 0.0911. The highest BCUT2D eigenvalue weighted by molar-refractivity contribution is 5.29. The molecule has 2 N–H and O–H groups in total. The van der Waals surface area contributed by atoms with E-state index < -0.39 is 0 Å². The van der Waals surface area contributed by atoms with Gasteiger partial charge in [-0.2, -0.15) is 0 Å². The molecule has 1 aromatic heterocycles. The number of rotatable bonds is 6. The van der Waals surface area contributed by atoms with Crippen molar-refractivity contribution in [1.29, 1.82) is 0 Å². The Kier molecular flexibility index (Phi) is 5.22. The fourth-order valence-electron chi connectivity index (χ4n) is 1.51. The summed E-state index contributed by atoms with van der Waals surface area (Å²) in [6.45, 7) is 5.07. The highest BCUT2D eigenvalue weighted by Crippen LogP contribution is 2.18. The third-order valence-corrected chi connectivity index (χ3v) is 2.18. The van der Waals surface area contributed by atoms with E-state index >= 15 is 0 Å². The van der Waals surface area contributed by atoms with E-state index in [4.69, 9.17) is 15.2 Å². The van der Waals surface area contributed by atoms with Crippen molar-refractivity contribution >= 4 is 0 Å². The summed E-state index contributed by atoms with van der Waals surface area (Å²) in [5, 5.41) is 0. The lowest BCUT2D eigenvalue weighted by Gasteiger charge is -2.16. The Hall–Kier alpha value is -1.13. The van der Waals surface area contributed by atoms with Gasteiger partial charge in [-0.1, -0.05) is 0 Å². The summed E-state index contributed by atoms with van der Waals surface area (Å²) in [4.78, 5) is 4.43. The van der Waals surface area contributed by atoms with Gasteiger partial charge < -0.3 is 15.2 Å². The number of methoxy groups -OCH3 is 1. The van der Waals surface area contributed by atoms with Crippen molar-refractivity contribution in [1.82, 2.24) is 4.98 Å². The first kappa shape index (κ1) is 12.9. The van der Waals surface area contributed by atoms with Crippen LogP contribution in [0, 0.1) is 6.92 Å². The molecule has 0 fully saturated rings. The summed E-state index contributed by atoms with van der Waals surface area (Å²) < 4.78 is 10.8. The number of aromatic nitrogens is 1. The first-order chi connectivity index (χ1) is 7.67. The highest BCUT2D eigenvalue weighted by Gasteiger charge is 2.09. The number of pyridine rings is 1. The zero-order chi connectivity index (χ0) is 12.0. The number of nitrogens with two attached hydrogens (primary N) is 1. The van der Waals surface area contributed by atoms with Gasteiger partial charge in [-0.25, -0.2) is 0 Å². The molecular formula is C12H20N2O2. The van der Waals surface area contributed by atoms with Gasteiger partial charge in [0.15, 0.2) is 0 Å². The van der Waals surface area contributed by atoms with Crippen LogP contribution < -0.4 is 10.5 Å². The number of aryl methyl sites for hydroxylation is 1. The van der Waals surface area contributed by atoms with Gasteiger partial charge in [0.25, 0.3) is 0 Å². The minimum absolute atomic E-state index is 0.0195. The van der Waals surface area contributed by atoms with Gasteiger partial charge in [-0.05, 0) is 32.5 Å². The SMILES string of the molecule is COCC(C)Oc1ccc(C)nc1CCN. The van der Waals surface area contributed by atoms with Gasteiger partial charge >= 0.3 is 0 Å². The standard InChI is InChI=1S/C12H20N2O2/c1-9-4-5-12(11(14-9)6-7-13)16-10(2)8-15-3/h4-5,10H,6-8,13H2,1-3H3. The molecule has 0 bridgehead atoms. The maximum atomic E-state index is 5.75. The first-order valence-electron chi connectivity index (χ1n) is 5.49. The van der Waals surface area contributed by atoms with Crippen LogP contribution >= 0.6 is 0 Å². The summed E-state index contributed by atoms with van der Waals surface area (Å²) in [6.07, 6.45) is 0.752. The van der Waals surface area contributed by atoms with Crippen LogP contribution in [-0.4, -0.2) is 31.3 Å². The number of ether oxygens (including phenoxy) is 2. The van der Waals surface area contributed by atoms with Crippen LogP contribution in [0.25, 0.3) is 0 Å². The summed E-state index contributed by atoms with van der Waals surface area (Å²) in [6, 6.07) is 3.88. The quantitative estimate of drug-likeness (QED) is 0.791. The molecule has 0 aliphatic rings. The third kappa shape index (κ3) is 3.79. The van der Waals surface area contributed by atoms with Crippen LogP contribution in [0.1, 0.15) is 18.3 Å². The molecule has 0 amide bonds. The summed E-state index contributed by atoms with van der Waals surface area (Å²) in [5.74, 6) is 0.806. The predicted octanol–water partition coefficient (Wildman–Crippen LogP) is 1.30. The van der Waals surface area contributed by atoms with Crippen molar-refractivity contribution < 1.29 is 9.47 Å². The largest absolute Gasteiger partial charge is 0.486 e. The zero-order valence-electron chi connectivity index (χ0n) is 10.2. The predicted molar refractivity (Wildman–Crippen MR) is 63.7 cm³/mol. The summed E-state index contributed by atoms with van der Waals surface area (Å²) in [5.41, 5.74) is 7.45. The van der Waals surface area contributed by atoms with Crippen LogP contribution in [0.2, 0.25) is 0 Å². The Labute approximate surface area is 96.8 Å². The minimum atomic E-state index is 0.0195. The number of nitrogens with zero attached hydrogens (tertiary/aromatic N) is 1. The Balaban J connectivity index is 2.77. The zero-order valence-corrected chi connectivity index (χ0v) is 10.2. The van der Waals surface area contributed by atoms with E-state index in [0.29, 0.717) is 13.2 Å². The number of hydrogen-bond acceptors (Lipinski definition) is 4. The molecule has 1 rings (SSSR count).